The number of amides is 2. The van der Waals surface area contributed by atoms with Crippen molar-refractivity contribution in [3.05, 3.63) is 0 Å². The summed E-state index contributed by atoms with van der Waals surface area (Å²) in [4.78, 5) is 13.7. The first-order chi connectivity index (χ1) is 6.74. The van der Waals surface area contributed by atoms with E-state index in [4.69, 9.17) is 0 Å². The van der Waals surface area contributed by atoms with Crippen molar-refractivity contribution in [3.63, 3.8) is 0 Å². The van der Waals surface area contributed by atoms with Gasteiger partial charge in [0, 0.05) is 12.1 Å². The molecule has 0 atom stereocenters. The highest BCUT2D eigenvalue weighted by atomic mass is 16.2. The highest BCUT2D eigenvalue weighted by Gasteiger charge is 2.25. The van der Waals surface area contributed by atoms with E-state index in [0.717, 1.165) is 38.8 Å². The number of hydrogen-bond donors (Lipinski definition) is 2. The fraction of sp³-hybridized carbons (Fsp3) is 0.900. The molecule has 0 radical (unpaired) electrons. The average molecular weight is 197 g/mol. The number of carbonyl (C=O) groups excluding carboxylic acids is 1. The molecule has 2 N–H and O–H groups in total. The summed E-state index contributed by atoms with van der Waals surface area (Å²) in [6.07, 6.45) is 4.46. The largest absolute Gasteiger partial charge is 0.335 e. The van der Waals surface area contributed by atoms with Crippen molar-refractivity contribution >= 4 is 6.03 Å². The number of hydrogen-bond acceptors (Lipinski definition) is 2. The van der Waals surface area contributed by atoms with Crippen LogP contribution in [0.5, 0.6) is 0 Å². The molecule has 2 rings (SSSR count). The van der Waals surface area contributed by atoms with E-state index in [2.05, 4.69) is 22.6 Å². The molecule has 2 fully saturated rings. The van der Waals surface area contributed by atoms with Gasteiger partial charge in [-0.25, -0.2) is 4.79 Å². The maximum atomic E-state index is 11.4. The number of nitrogens with one attached hydrogen (secondary N) is 2. The molecule has 2 amide bonds. The predicted molar refractivity (Wildman–Crippen MR) is 55.2 cm³/mol. The predicted octanol–water partition coefficient (Wildman–Crippen LogP) is 0.542. The van der Waals surface area contributed by atoms with Gasteiger partial charge < -0.3 is 15.5 Å². The van der Waals surface area contributed by atoms with E-state index in [9.17, 15) is 4.79 Å². The summed E-state index contributed by atoms with van der Waals surface area (Å²) >= 11 is 0. The normalized spacial score (nSPS) is 24.6. The van der Waals surface area contributed by atoms with Crippen molar-refractivity contribution in [2.75, 3.05) is 20.1 Å². The van der Waals surface area contributed by atoms with Gasteiger partial charge in [0.2, 0.25) is 0 Å². The minimum Gasteiger partial charge on any atom is -0.335 e. The highest BCUT2D eigenvalue weighted by molar-refractivity contribution is 5.74. The van der Waals surface area contributed by atoms with Crippen molar-refractivity contribution < 1.29 is 4.79 Å². The number of likely N-dealkylation sites (tertiary alicyclic amines) is 1. The number of rotatable bonds is 2. The highest BCUT2D eigenvalue weighted by Crippen LogP contribution is 2.18. The molecule has 0 spiro atoms. The minimum atomic E-state index is 0.0297. The van der Waals surface area contributed by atoms with Crippen LogP contribution in [0.1, 0.15) is 25.7 Å². The Morgan fingerprint density at radius 3 is 2.07 bits per heavy atom. The van der Waals surface area contributed by atoms with Crippen molar-refractivity contribution in [2.24, 2.45) is 0 Å². The zero-order valence-corrected chi connectivity index (χ0v) is 8.75. The molecule has 0 unspecified atom stereocenters. The first kappa shape index (κ1) is 9.77. The van der Waals surface area contributed by atoms with Gasteiger partial charge in [0.1, 0.15) is 0 Å². The Hall–Kier alpha value is -0.770. The zero-order chi connectivity index (χ0) is 9.97. The number of carbonyl (C=O) groups is 1. The van der Waals surface area contributed by atoms with Crippen LogP contribution in [0.25, 0.3) is 0 Å². The van der Waals surface area contributed by atoms with Gasteiger partial charge in [-0.1, -0.05) is 0 Å². The summed E-state index contributed by atoms with van der Waals surface area (Å²) in [5, 5.41) is 5.98. The molecule has 0 aromatic carbocycles. The van der Waals surface area contributed by atoms with Crippen molar-refractivity contribution in [1.82, 2.24) is 15.5 Å². The Balaban J connectivity index is 1.66. The summed E-state index contributed by atoms with van der Waals surface area (Å²) in [6, 6.07) is 0.869. The Morgan fingerprint density at radius 1 is 1.07 bits per heavy atom. The Kier molecular flexibility index (Phi) is 2.91. The van der Waals surface area contributed by atoms with E-state index in [-0.39, 0.29) is 6.03 Å². The second-order valence-electron chi connectivity index (χ2n) is 4.47. The maximum absolute atomic E-state index is 11.4. The van der Waals surface area contributed by atoms with Crippen LogP contribution in [-0.4, -0.2) is 43.2 Å². The molecule has 0 aromatic rings. The molecule has 80 valence electrons. The standard InChI is InChI=1S/C10H19N3O/c1-13-6-4-9(5-7-13)12-10(14)11-8-2-3-8/h8-9H,2-7H2,1H3,(H2,11,12,14). The molecule has 4 nitrogen and oxygen atoms in total. The third kappa shape index (κ3) is 2.87. The summed E-state index contributed by atoms with van der Waals surface area (Å²) in [5.41, 5.74) is 0. The van der Waals surface area contributed by atoms with Gasteiger partial charge in [-0.3, -0.25) is 0 Å². The van der Waals surface area contributed by atoms with Crippen LogP contribution in [0.3, 0.4) is 0 Å². The lowest BCUT2D eigenvalue weighted by atomic mass is 10.1. The SMILES string of the molecule is CN1CCC(NC(=O)NC2CC2)CC1. The van der Waals surface area contributed by atoms with Crippen LogP contribution in [0.4, 0.5) is 4.79 Å². The molecule has 2 aliphatic rings. The molecule has 1 saturated heterocycles. The van der Waals surface area contributed by atoms with Gasteiger partial charge >= 0.3 is 6.03 Å². The zero-order valence-electron chi connectivity index (χ0n) is 8.75. The number of piperidine rings is 1. The first-order valence-corrected chi connectivity index (χ1v) is 5.49. The van der Waals surface area contributed by atoms with E-state index < -0.39 is 0 Å². The topological polar surface area (TPSA) is 44.4 Å². The first-order valence-electron chi connectivity index (χ1n) is 5.49. The van der Waals surface area contributed by atoms with Crippen molar-refractivity contribution in [2.45, 2.75) is 37.8 Å². The van der Waals surface area contributed by atoms with Crippen LogP contribution >= 0.6 is 0 Å². The molecule has 1 saturated carbocycles. The number of nitrogens with zero attached hydrogens (tertiary/aromatic N) is 1. The van der Waals surface area contributed by atoms with E-state index in [1.165, 1.54) is 0 Å². The van der Waals surface area contributed by atoms with Gasteiger partial charge in [0.05, 0.1) is 0 Å². The van der Waals surface area contributed by atoms with Gasteiger partial charge in [-0.15, -0.1) is 0 Å². The maximum Gasteiger partial charge on any atom is 0.315 e. The summed E-state index contributed by atoms with van der Waals surface area (Å²) in [6.45, 7) is 2.18. The van der Waals surface area contributed by atoms with Crippen molar-refractivity contribution in [3.8, 4) is 0 Å². The molecule has 1 aliphatic carbocycles. The second kappa shape index (κ2) is 4.17. The van der Waals surface area contributed by atoms with E-state index >= 15 is 0 Å². The van der Waals surface area contributed by atoms with E-state index in [1.54, 1.807) is 0 Å². The Labute approximate surface area is 85.0 Å². The summed E-state index contributed by atoms with van der Waals surface area (Å²) in [5.74, 6) is 0. The van der Waals surface area contributed by atoms with E-state index in [0.29, 0.717) is 12.1 Å². The third-order valence-corrected chi connectivity index (χ3v) is 2.97. The lowest BCUT2D eigenvalue weighted by molar-refractivity contribution is 0.213. The summed E-state index contributed by atoms with van der Waals surface area (Å²) in [7, 11) is 2.13. The Morgan fingerprint density at radius 2 is 1.57 bits per heavy atom. The average Bonchev–Trinajstić information content (AvgIpc) is 2.93. The molecule has 4 heteroatoms. The van der Waals surface area contributed by atoms with Gasteiger partial charge in [0.15, 0.2) is 0 Å². The van der Waals surface area contributed by atoms with E-state index in [1.807, 2.05) is 0 Å². The van der Waals surface area contributed by atoms with Gasteiger partial charge in [0.25, 0.3) is 0 Å². The van der Waals surface area contributed by atoms with Crippen LogP contribution in [0, 0.1) is 0 Å². The second-order valence-corrected chi connectivity index (χ2v) is 4.47. The van der Waals surface area contributed by atoms with Crippen LogP contribution < -0.4 is 10.6 Å². The lowest BCUT2D eigenvalue weighted by Crippen LogP contribution is -2.47. The molecular weight excluding hydrogens is 178 g/mol. The summed E-state index contributed by atoms with van der Waals surface area (Å²) < 4.78 is 0. The Bertz CT molecular complexity index is 207. The van der Waals surface area contributed by atoms with Gasteiger partial charge in [-0.05, 0) is 45.8 Å². The molecular formula is C10H19N3O. The fourth-order valence-electron chi connectivity index (χ4n) is 1.79. The molecule has 1 aliphatic heterocycles. The fourth-order valence-corrected chi connectivity index (χ4v) is 1.79. The lowest BCUT2D eigenvalue weighted by Gasteiger charge is -2.29. The third-order valence-electron chi connectivity index (χ3n) is 2.97. The minimum absolute atomic E-state index is 0.0297. The smallest absolute Gasteiger partial charge is 0.315 e. The molecule has 1 heterocycles. The monoisotopic (exact) mass is 197 g/mol. The molecule has 0 aromatic heterocycles. The van der Waals surface area contributed by atoms with Crippen molar-refractivity contribution in [1.29, 1.82) is 0 Å². The number of urea groups is 1. The molecule has 14 heavy (non-hydrogen) atoms. The van der Waals surface area contributed by atoms with Gasteiger partial charge in [-0.2, -0.15) is 0 Å². The van der Waals surface area contributed by atoms with Crippen LogP contribution in [0.2, 0.25) is 0 Å². The van der Waals surface area contributed by atoms with Crippen LogP contribution in [0.15, 0.2) is 0 Å². The molecule has 0 bridgehead atoms. The van der Waals surface area contributed by atoms with Crippen LogP contribution in [-0.2, 0) is 0 Å². The quantitative estimate of drug-likeness (QED) is 0.678.